The zero-order valence-corrected chi connectivity index (χ0v) is 22.5. The Labute approximate surface area is 222 Å². The van der Waals surface area contributed by atoms with Crippen LogP contribution in [0.3, 0.4) is 0 Å². The number of benzene rings is 2. The summed E-state index contributed by atoms with van der Waals surface area (Å²) in [6, 6.07) is 12.2. The second-order valence-electron chi connectivity index (χ2n) is 9.58. The molecule has 2 heterocycles. The number of aryl methyl sites for hydroxylation is 1. The number of halogens is 1. The number of aromatic nitrogens is 2. The highest BCUT2D eigenvalue weighted by molar-refractivity contribution is 7.89. The maximum absolute atomic E-state index is 13.2. The van der Waals surface area contributed by atoms with Crippen LogP contribution >= 0.6 is 11.6 Å². The molecule has 1 fully saturated rings. The number of rotatable bonds is 10. The van der Waals surface area contributed by atoms with Gasteiger partial charge in [0.1, 0.15) is 10.7 Å². The van der Waals surface area contributed by atoms with Crippen molar-refractivity contribution in [2.45, 2.75) is 55.5 Å². The molecule has 0 aliphatic carbocycles. The predicted octanol–water partition coefficient (Wildman–Crippen LogP) is 3.04. The quantitative estimate of drug-likeness (QED) is 0.375. The van der Waals surface area contributed by atoms with Crippen molar-refractivity contribution in [1.82, 2.24) is 14.5 Å². The van der Waals surface area contributed by atoms with Crippen LogP contribution in [0.25, 0.3) is 11.0 Å². The number of nitrogens with two attached hydrogens (primary N) is 2. The average Bonchev–Trinajstić information content (AvgIpc) is 3.23. The molecule has 0 saturated carbocycles. The Morgan fingerprint density at radius 2 is 2.03 bits per heavy atom. The number of primary sulfonamides is 1. The minimum atomic E-state index is -3.95. The van der Waals surface area contributed by atoms with Gasteiger partial charge in [-0.2, -0.15) is 0 Å². The van der Waals surface area contributed by atoms with Crippen LogP contribution in [0, 0.1) is 0 Å². The van der Waals surface area contributed by atoms with Crippen LogP contribution in [0.5, 0.6) is 0 Å². The zero-order chi connectivity index (χ0) is 26.6. The molecule has 9 nitrogen and oxygen atoms in total. The molecule has 0 radical (unpaired) electrons. The molecule has 2 aromatic carbocycles. The fourth-order valence-electron chi connectivity index (χ4n) is 5.06. The molecule has 11 heteroatoms. The summed E-state index contributed by atoms with van der Waals surface area (Å²) >= 11 is 6.28. The molecular formula is C26H34ClN5O4S. The van der Waals surface area contributed by atoms with Gasteiger partial charge < -0.3 is 19.9 Å². The number of amides is 1. The molecule has 4 rings (SSSR count). The van der Waals surface area contributed by atoms with Crippen LogP contribution in [0.2, 0.25) is 5.02 Å². The summed E-state index contributed by atoms with van der Waals surface area (Å²) in [5.74, 6) is 1.11. The molecule has 0 unspecified atom stereocenters. The Kier molecular flexibility index (Phi) is 8.86. The summed E-state index contributed by atoms with van der Waals surface area (Å²) in [7, 11) is -2.25. The first kappa shape index (κ1) is 27.5. The summed E-state index contributed by atoms with van der Waals surface area (Å²) in [4.78, 5) is 19.9. The van der Waals surface area contributed by atoms with Crippen molar-refractivity contribution >= 4 is 38.6 Å². The van der Waals surface area contributed by atoms with Gasteiger partial charge in [0, 0.05) is 51.7 Å². The number of piperidine rings is 1. The highest BCUT2D eigenvalue weighted by Gasteiger charge is 2.29. The molecule has 3 aromatic rings. The van der Waals surface area contributed by atoms with E-state index in [0.29, 0.717) is 25.3 Å². The van der Waals surface area contributed by atoms with Gasteiger partial charge in [0.25, 0.3) is 0 Å². The van der Waals surface area contributed by atoms with Crippen molar-refractivity contribution < 1.29 is 17.9 Å². The molecule has 37 heavy (non-hydrogen) atoms. The van der Waals surface area contributed by atoms with Crippen LogP contribution < -0.4 is 10.9 Å². The van der Waals surface area contributed by atoms with Gasteiger partial charge in [-0.05, 0) is 49.4 Å². The van der Waals surface area contributed by atoms with Crippen LogP contribution in [0.4, 0.5) is 0 Å². The summed E-state index contributed by atoms with van der Waals surface area (Å²) in [5.41, 5.74) is 8.92. The summed E-state index contributed by atoms with van der Waals surface area (Å²) in [6.45, 7) is 2.73. The van der Waals surface area contributed by atoms with E-state index >= 15 is 0 Å². The van der Waals surface area contributed by atoms with E-state index in [0.717, 1.165) is 42.7 Å². The lowest BCUT2D eigenvalue weighted by Crippen LogP contribution is -2.42. The standard InChI is InChI=1S/C26H34ClN5O4S/c1-36-14-6-13-32-22-10-3-2-9-21(22)30-26(32)19-8-5-12-31(17-19)24(33)16-20(28)15-18-7-4-11-23(25(18)27)37(29,34)35/h2-4,7,9-11,19-20H,5-6,8,12-17,28H2,1H3,(H2,29,34,35)/t19-,20+/m1/s1. The van der Waals surface area contributed by atoms with Crippen LogP contribution in [-0.2, 0) is 32.5 Å². The van der Waals surface area contributed by atoms with Gasteiger partial charge in [0.05, 0.1) is 16.1 Å². The molecule has 1 saturated heterocycles. The van der Waals surface area contributed by atoms with Gasteiger partial charge in [0.15, 0.2) is 0 Å². The Morgan fingerprint density at radius 1 is 1.24 bits per heavy atom. The lowest BCUT2D eigenvalue weighted by molar-refractivity contribution is -0.132. The third-order valence-corrected chi connectivity index (χ3v) is 8.33. The number of likely N-dealkylation sites (tertiary alicyclic amines) is 1. The van der Waals surface area contributed by atoms with E-state index < -0.39 is 16.1 Å². The van der Waals surface area contributed by atoms with E-state index in [1.54, 1.807) is 19.2 Å². The Balaban J connectivity index is 1.45. The molecule has 1 amide bonds. The SMILES string of the molecule is COCCCn1c([C@@H]2CCCN(C(=O)C[C@@H](N)Cc3cccc(S(N)(=O)=O)c3Cl)C2)nc2ccccc21. The third kappa shape index (κ3) is 6.50. The molecular weight excluding hydrogens is 514 g/mol. The molecule has 1 aromatic heterocycles. The van der Waals surface area contributed by atoms with E-state index in [-0.39, 0.29) is 34.6 Å². The minimum absolute atomic E-state index is 0.0297. The van der Waals surface area contributed by atoms with E-state index in [1.165, 1.54) is 6.07 Å². The number of fused-ring (bicyclic) bond motifs is 1. The Hall–Kier alpha value is -2.50. The molecule has 0 spiro atoms. The number of imidazole rings is 1. The fourth-order valence-corrected chi connectivity index (χ4v) is 6.24. The van der Waals surface area contributed by atoms with Gasteiger partial charge in [-0.1, -0.05) is 35.9 Å². The lowest BCUT2D eigenvalue weighted by Gasteiger charge is -2.33. The number of para-hydroxylation sites is 2. The first-order valence-corrected chi connectivity index (χ1v) is 14.4. The van der Waals surface area contributed by atoms with E-state index in [2.05, 4.69) is 10.6 Å². The first-order chi connectivity index (χ1) is 17.7. The zero-order valence-electron chi connectivity index (χ0n) is 21.0. The lowest BCUT2D eigenvalue weighted by atomic mass is 9.96. The van der Waals surface area contributed by atoms with Crippen molar-refractivity contribution in [1.29, 1.82) is 0 Å². The second kappa shape index (κ2) is 11.9. The van der Waals surface area contributed by atoms with Gasteiger partial charge in [-0.25, -0.2) is 18.5 Å². The van der Waals surface area contributed by atoms with Gasteiger partial charge in [-0.3, -0.25) is 4.79 Å². The second-order valence-corrected chi connectivity index (χ2v) is 11.5. The number of carbonyl (C=O) groups is 1. The highest BCUT2D eigenvalue weighted by Crippen LogP contribution is 2.30. The largest absolute Gasteiger partial charge is 0.385 e. The van der Waals surface area contributed by atoms with Gasteiger partial charge >= 0.3 is 0 Å². The Morgan fingerprint density at radius 3 is 2.78 bits per heavy atom. The number of sulfonamides is 1. The molecule has 1 aliphatic heterocycles. The number of methoxy groups -OCH3 is 1. The molecule has 2 atom stereocenters. The van der Waals surface area contributed by atoms with Crippen molar-refractivity contribution in [3.05, 3.63) is 58.9 Å². The predicted molar refractivity (Wildman–Crippen MR) is 144 cm³/mol. The number of hydrogen-bond acceptors (Lipinski definition) is 6. The van der Waals surface area contributed by atoms with E-state index in [4.69, 9.17) is 32.2 Å². The summed E-state index contributed by atoms with van der Waals surface area (Å²) < 4.78 is 31.0. The maximum Gasteiger partial charge on any atom is 0.239 e. The molecule has 200 valence electrons. The molecule has 0 bridgehead atoms. The smallest absolute Gasteiger partial charge is 0.239 e. The summed E-state index contributed by atoms with van der Waals surface area (Å²) in [6.07, 6.45) is 3.12. The van der Waals surface area contributed by atoms with Crippen molar-refractivity contribution in [2.24, 2.45) is 10.9 Å². The van der Waals surface area contributed by atoms with Gasteiger partial charge in [0.2, 0.25) is 15.9 Å². The third-order valence-electron chi connectivity index (χ3n) is 6.82. The first-order valence-electron chi connectivity index (χ1n) is 12.5. The maximum atomic E-state index is 13.2. The Bertz CT molecular complexity index is 1360. The number of ether oxygens (including phenoxy) is 1. The van der Waals surface area contributed by atoms with E-state index in [9.17, 15) is 13.2 Å². The van der Waals surface area contributed by atoms with Crippen LogP contribution in [0.15, 0.2) is 47.4 Å². The van der Waals surface area contributed by atoms with Crippen LogP contribution in [-0.4, -0.2) is 61.6 Å². The number of carbonyl (C=O) groups excluding carboxylic acids is 1. The number of nitrogens with zero attached hydrogens (tertiary/aromatic N) is 3. The van der Waals surface area contributed by atoms with Crippen molar-refractivity contribution in [3.8, 4) is 0 Å². The summed E-state index contributed by atoms with van der Waals surface area (Å²) in [5, 5.41) is 5.30. The van der Waals surface area contributed by atoms with E-state index in [1.807, 2.05) is 23.1 Å². The average molecular weight is 548 g/mol. The highest BCUT2D eigenvalue weighted by atomic mass is 35.5. The topological polar surface area (TPSA) is 134 Å². The van der Waals surface area contributed by atoms with Crippen LogP contribution in [0.1, 0.15) is 43.0 Å². The van der Waals surface area contributed by atoms with Crippen molar-refractivity contribution in [3.63, 3.8) is 0 Å². The van der Waals surface area contributed by atoms with Crippen molar-refractivity contribution in [2.75, 3.05) is 26.8 Å². The normalized spacial score (nSPS) is 17.3. The fraction of sp³-hybridized carbons (Fsp3) is 0.462. The molecule has 4 N–H and O–H groups in total. The molecule has 1 aliphatic rings. The number of hydrogen-bond donors (Lipinski definition) is 2. The monoisotopic (exact) mass is 547 g/mol. The van der Waals surface area contributed by atoms with Gasteiger partial charge in [-0.15, -0.1) is 0 Å². The minimum Gasteiger partial charge on any atom is -0.385 e.